The summed E-state index contributed by atoms with van der Waals surface area (Å²) in [6.45, 7) is 0.988. The fourth-order valence-corrected chi connectivity index (χ4v) is 6.37. The average molecular weight is 1030 g/mol. The molecule has 0 bridgehead atoms. The second-order valence-corrected chi connectivity index (χ2v) is 16.9. The van der Waals surface area contributed by atoms with E-state index in [1.807, 2.05) is 19.2 Å². The number of hydrogen-bond acceptors (Lipinski definition) is 17. The van der Waals surface area contributed by atoms with Crippen molar-refractivity contribution in [3.05, 3.63) is 29.8 Å². The van der Waals surface area contributed by atoms with Crippen molar-refractivity contribution in [2.75, 3.05) is 45.9 Å². The number of hydrogen-bond donors (Lipinski definition) is 18. The summed E-state index contributed by atoms with van der Waals surface area (Å²) >= 11 is 0. The highest BCUT2D eigenvalue weighted by atomic mass is 16.4. The molecule has 29 nitrogen and oxygen atoms in total. The zero-order chi connectivity index (χ0) is 54.5. The number of unbranched alkanes of at least 4 members (excludes halogenated alkanes) is 1. The Hall–Kier alpha value is -7.21. The van der Waals surface area contributed by atoms with Crippen LogP contribution in [0.5, 0.6) is 5.75 Å². The Kier molecular flexibility index (Phi) is 29.1. The Morgan fingerprint density at radius 1 is 0.597 bits per heavy atom. The molecule has 0 aliphatic carbocycles. The molecule has 72 heavy (non-hydrogen) atoms. The van der Waals surface area contributed by atoms with Gasteiger partial charge in [0.05, 0.1) is 45.0 Å². The number of nitrogens with two attached hydrogens (primary N) is 4. The Morgan fingerprint density at radius 2 is 1.08 bits per heavy atom. The van der Waals surface area contributed by atoms with E-state index in [0.717, 1.165) is 6.92 Å². The van der Waals surface area contributed by atoms with Gasteiger partial charge in [0.25, 0.3) is 0 Å². The van der Waals surface area contributed by atoms with Crippen LogP contribution in [-0.4, -0.2) is 185 Å². The lowest BCUT2D eigenvalue weighted by molar-refractivity contribution is -0.142. The van der Waals surface area contributed by atoms with Crippen LogP contribution in [0, 0.1) is 5.92 Å². The molecule has 0 unspecified atom stereocenters. The number of aliphatic hydroxyl groups is 3. The lowest BCUT2D eigenvalue weighted by Gasteiger charge is -2.27. The third-order valence-corrected chi connectivity index (χ3v) is 10.2. The van der Waals surface area contributed by atoms with Crippen LogP contribution in [-0.2, 0) is 54.4 Å². The van der Waals surface area contributed by atoms with Crippen LogP contribution in [0.4, 0.5) is 0 Å². The van der Waals surface area contributed by atoms with Crippen molar-refractivity contribution in [2.45, 2.75) is 114 Å². The number of phenols is 1. The van der Waals surface area contributed by atoms with Crippen LogP contribution in [0.15, 0.2) is 29.3 Å². The highest BCUT2D eigenvalue weighted by Gasteiger charge is 2.34. The van der Waals surface area contributed by atoms with E-state index in [0.29, 0.717) is 12.0 Å². The predicted octanol–water partition coefficient (Wildman–Crippen LogP) is -7.80. The van der Waals surface area contributed by atoms with E-state index in [-0.39, 0.29) is 69.2 Å². The van der Waals surface area contributed by atoms with Crippen molar-refractivity contribution >= 4 is 65.1 Å². The van der Waals surface area contributed by atoms with Crippen molar-refractivity contribution in [3.63, 3.8) is 0 Å². The predicted molar refractivity (Wildman–Crippen MR) is 256 cm³/mol. The molecule has 22 N–H and O–H groups in total. The first-order chi connectivity index (χ1) is 33.9. The van der Waals surface area contributed by atoms with Crippen LogP contribution in [0.3, 0.4) is 0 Å². The summed E-state index contributed by atoms with van der Waals surface area (Å²) in [7, 11) is 0. The van der Waals surface area contributed by atoms with Gasteiger partial charge in [0, 0.05) is 13.0 Å². The first-order valence-electron chi connectivity index (χ1n) is 23.0. The molecule has 0 aromatic heterocycles. The zero-order valence-corrected chi connectivity index (χ0v) is 40.5. The van der Waals surface area contributed by atoms with E-state index in [9.17, 15) is 63.3 Å². The molecular formula is C43H72N14O15. The van der Waals surface area contributed by atoms with Crippen molar-refractivity contribution < 1.29 is 73.5 Å². The highest BCUT2D eigenvalue weighted by Crippen LogP contribution is 2.13. The Balaban J connectivity index is 3.21. The maximum absolute atomic E-state index is 14.0. The summed E-state index contributed by atoms with van der Waals surface area (Å²) in [6.07, 6.45) is -0.948. The van der Waals surface area contributed by atoms with E-state index < -0.39 is 140 Å². The minimum absolute atomic E-state index is 0.0159. The molecule has 0 spiro atoms. The Morgan fingerprint density at radius 3 is 1.60 bits per heavy atom. The number of benzene rings is 1. The summed E-state index contributed by atoms with van der Waals surface area (Å²) in [6, 6.07) is -4.51. The number of aromatic hydroxyl groups is 1. The third kappa shape index (κ3) is 25.1. The maximum atomic E-state index is 14.0. The molecule has 0 aliphatic rings. The molecular weight excluding hydrogens is 953 g/mol. The number of phenolic OH excluding ortho intramolecular Hbond substituents is 1. The lowest BCUT2D eigenvalue weighted by Crippen LogP contribution is -2.61. The monoisotopic (exact) mass is 1020 g/mol. The summed E-state index contributed by atoms with van der Waals surface area (Å²) in [5.41, 5.74) is 23.1. The second-order valence-electron chi connectivity index (χ2n) is 16.9. The van der Waals surface area contributed by atoms with Gasteiger partial charge in [-0.25, -0.2) is 4.79 Å². The Labute approximate surface area is 415 Å². The van der Waals surface area contributed by atoms with E-state index in [4.69, 9.17) is 33.1 Å². The smallest absolute Gasteiger partial charge is 0.328 e. The van der Waals surface area contributed by atoms with Gasteiger partial charge in [-0.15, -0.1) is 0 Å². The number of aliphatic imine (C=N–C) groups is 1. The molecule has 0 fully saturated rings. The van der Waals surface area contributed by atoms with Crippen molar-refractivity contribution in [1.29, 1.82) is 0 Å². The average Bonchev–Trinajstić information content (AvgIpc) is 3.32. The number of carbonyl (C=O) groups is 10. The number of aliphatic hydroxyl groups excluding tert-OH is 3. The van der Waals surface area contributed by atoms with Crippen LogP contribution < -0.4 is 70.8 Å². The van der Waals surface area contributed by atoms with Crippen molar-refractivity contribution in [1.82, 2.24) is 47.9 Å². The molecule has 0 aliphatic heterocycles. The van der Waals surface area contributed by atoms with Gasteiger partial charge in [-0.05, 0) is 75.6 Å². The fraction of sp³-hybridized carbons (Fsp3) is 0.605. The van der Waals surface area contributed by atoms with Crippen molar-refractivity contribution in [2.24, 2.45) is 33.8 Å². The van der Waals surface area contributed by atoms with Gasteiger partial charge in [-0.2, -0.15) is 0 Å². The van der Waals surface area contributed by atoms with Gasteiger partial charge < -0.3 is 96.3 Å². The lowest BCUT2D eigenvalue weighted by atomic mass is 10.0. The molecule has 29 heteroatoms. The molecule has 0 radical (unpaired) electrons. The molecule has 404 valence electrons. The molecule has 9 amide bonds. The van der Waals surface area contributed by atoms with Crippen LogP contribution >= 0.6 is 0 Å². The molecule has 0 saturated heterocycles. The number of carbonyl (C=O) groups excluding carboxylic acids is 9. The summed E-state index contributed by atoms with van der Waals surface area (Å²) in [5.74, 6) is -10.2. The molecule has 1 aromatic carbocycles. The molecule has 0 saturated carbocycles. The molecule has 0 heterocycles. The number of amides is 9. The SMILES string of the molecule is CC(C)C[C@H](N)C(=O)N[C@@H](Cc1ccc(O)cc1)C(=O)N[C@@H](CO)C(=O)N[C@@H](CCCN=C(N)N)C(=O)N[C@@H](CCCCN)C(=O)N[C@H](C(=O)NCC(=O)NCC(=O)NCC(=O)N[C@@H](CO)C(=O)O)[C@@H](C)O. The normalized spacial score (nSPS) is 14.2. The minimum Gasteiger partial charge on any atom is -0.508 e. The van der Waals surface area contributed by atoms with Gasteiger partial charge >= 0.3 is 5.97 Å². The van der Waals surface area contributed by atoms with Crippen LogP contribution in [0.25, 0.3) is 0 Å². The summed E-state index contributed by atoms with van der Waals surface area (Å²) in [5, 5.41) is 69.1. The standard InChI is InChI=1S/C43H72N14O15/c1-22(2)15-26(45)36(65)55-29(16-24-9-11-25(61)12-10-24)39(68)56-30(20-58)40(69)54-28(8-6-14-48-43(46)47)37(66)53-27(7-4-5-13-44)38(67)57-35(23(3)60)41(70)51-18-33(63)49-17-32(62)50-19-34(64)52-31(21-59)42(71)72/h9-12,22-23,26-31,35,58-61H,4-8,13-21,44-45H2,1-3H3,(H,49,63)(H,50,62)(H,51,70)(H,52,64)(H,53,66)(H,54,69)(H,55,65)(H,56,68)(H,57,67)(H,71,72)(H4,46,47,48)/t23-,26+,27+,28+,29+,30+,31+,35+/m1/s1. The highest BCUT2D eigenvalue weighted by molar-refractivity contribution is 5.97. The maximum Gasteiger partial charge on any atom is 0.328 e. The Bertz CT molecular complexity index is 2000. The van der Waals surface area contributed by atoms with Crippen LogP contribution in [0.1, 0.15) is 64.9 Å². The van der Waals surface area contributed by atoms with Crippen LogP contribution in [0.2, 0.25) is 0 Å². The number of carboxylic acid groups (broad SMARTS) is 1. The minimum atomic E-state index is -1.72. The van der Waals surface area contributed by atoms with Gasteiger partial charge in [0.1, 0.15) is 42.0 Å². The zero-order valence-electron chi connectivity index (χ0n) is 40.5. The number of rotatable bonds is 34. The number of aliphatic carboxylic acids is 1. The van der Waals surface area contributed by atoms with Crippen molar-refractivity contribution in [3.8, 4) is 5.75 Å². The second kappa shape index (κ2) is 33.4. The van der Waals surface area contributed by atoms with E-state index in [1.165, 1.54) is 24.3 Å². The largest absolute Gasteiger partial charge is 0.508 e. The fourth-order valence-electron chi connectivity index (χ4n) is 6.37. The molecule has 1 aromatic rings. The summed E-state index contributed by atoms with van der Waals surface area (Å²) < 4.78 is 0. The van der Waals surface area contributed by atoms with E-state index in [1.54, 1.807) is 0 Å². The van der Waals surface area contributed by atoms with Gasteiger partial charge in [0.15, 0.2) is 5.96 Å². The van der Waals surface area contributed by atoms with Gasteiger partial charge in [0.2, 0.25) is 53.2 Å². The summed E-state index contributed by atoms with van der Waals surface area (Å²) in [4.78, 5) is 133. The topological polar surface area (TPSA) is 497 Å². The number of nitrogens with zero attached hydrogens (tertiary/aromatic N) is 1. The van der Waals surface area contributed by atoms with Gasteiger partial charge in [-0.1, -0.05) is 26.0 Å². The third-order valence-electron chi connectivity index (χ3n) is 10.2. The number of nitrogens with one attached hydrogen (secondary N) is 9. The quantitative estimate of drug-likeness (QED) is 0.0173. The first kappa shape index (κ1) is 62.8. The van der Waals surface area contributed by atoms with E-state index in [2.05, 4.69) is 47.5 Å². The molecule has 8 atom stereocenters. The molecule has 1 rings (SSSR count). The van der Waals surface area contributed by atoms with E-state index >= 15 is 0 Å². The number of carboxylic acids is 1. The van der Waals surface area contributed by atoms with Gasteiger partial charge in [-0.3, -0.25) is 48.1 Å². The first-order valence-corrected chi connectivity index (χ1v) is 23.0. The number of guanidine groups is 1.